The van der Waals surface area contributed by atoms with Crippen molar-refractivity contribution in [2.24, 2.45) is 0 Å². The highest BCUT2D eigenvalue weighted by Gasteiger charge is 2.37. The predicted octanol–water partition coefficient (Wildman–Crippen LogP) is 4.66. The van der Waals surface area contributed by atoms with Gasteiger partial charge in [0.2, 0.25) is 0 Å². The second-order valence-corrected chi connectivity index (χ2v) is 9.80. The van der Waals surface area contributed by atoms with E-state index in [0.29, 0.717) is 46.9 Å². The maximum Gasteiger partial charge on any atom is 0.323 e. The number of aryl methyl sites for hydroxylation is 1. The maximum absolute atomic E-state index is 13.8. The zero-order valence-electron chi connectivity index (χ0n) is 20.7. The number of pyridine rings is 1. The number of halogens is 1. The first-order chi connectivity index (χ1) is 18.4. The van der Waals surface area contributed by atoms with E-state index in [1.54, 1.807) is 55.0 Å². The quantitative estimate of drug-likeness (QED) is 0.204. The van der Waals surface area contributed by atoms with Crippen LogP contribution in [0.4, 0.5) is 21.9 Å². The molecule has 4 N–H and O–H groups in total. The van der Waals surface area contributed by atoms with Crippen LogP contribution in [-0.4, -0.2) is 32.8 Å². The molecule has 3 atom stereocenters. The minimum Gasteiger partial charge on any atom is -0.629 e. The monoisotopic (exact) mass is 530 g/mol. The lowest BCUT2D eigenvalue weighted by molar-refractivity contribution is -0.813. The molecule has 1 aliphatic heterocycles. The minimum atomic E-state index is -0.442. The number of H-pyrrole nitrogens is 1. The lowest BCUT2D eigenvalue weighted by atomic mass is 9.82. The van der Waals surface area contributed by atoms with Gasteiger partial charge in [0.1, 0.15) is 11.7 Å². The summed E-state index contributed by atoms with van der Waals surface area (Å²) in [5.41, 5.74) is 4.89. The van der Waals surface area contributed by atoms with Crippen molar-refractivity contribution in [3.63, 3.8) is 0 Å². The number of carbonyl (C=O) groups is 2. The Hall–Kier alpha value is -4.05. The van der Waals surface area contributed by atoms with Gasteiger partial charge >= 0.3 is 6.03 Å². The second-order valence-electron chi connectivity index (χ2n) is 9.37. The van der Waals surface area contributed by atoms with E-state index in [-0.39, 0.29) is 22.8 Å². The Balaban J connectivity index is 1.35. The SMILES string of the molecule is CC(=O)c1ccc(NC(=O)Nc2ccc3c(c2)[NH+]([O-])C(CCc2c[nH]cn2)C(c2ccc(Cl)cn2)C3)cc1. The van der Waals surface area contributed by atoms with Crippen LogP contribution >= 0.6 is 11.6 Å². The number of amides is 2. The number of imidazole rings is 1. The van der Waals surface area contributed by atoms with Crippen LogP contribution in [-0.2, 0) is 12.8 Å². The van der Waals surface area contributed by atoms with Crippen molar-refractivity contribution in [2.45, 2.75) is 38.1 Å². The Labute approximate surface area is 224 Å². The first-order valence-corrected chi connectivity index (χ1v) is 12.7. The van der Waals surface area contributed by atoms with Gasteiger partial charge < -0.3 is 25.9 Å². The fourth-order valence-electron chi connectivity index (χ4n) is 4.89. The number of aromatic amines is 1. The summed E-state index contributed by atoms with van der Waals surface area (Å²) < 4.78 is 0. The third kappa shape index (κ3) is 5.75. The van der Waals surface area contributed by atoms with E-state index in [1.807, 2.05) is 18.3 Å². The molecule has 0 spiro atoms. The number of nitrogens with one attached hydrogen (secondary N) is 4. The second kappa shape index (κ2) is 11.1. The molecule has 194 valence electrons. The van der Waals surface area contributed by atoms with Crippen LogP contribution < -0.4 is 15.7 Å². The molecule has 3 heterocycles. The third-order valence-corrected chi connectivity index (χ3v) is 7.06. The topological polar surface area (TPSA) is 127 Å². The van der Waals surface area contributed by atoms with Gasteiger partial charge in [0.25, 0.3) is 0 Å². The molecule has 0 fully saturated rings. The average molecular weight is 531 g/mol. The van der Waals surface area contributed by atoms with Crippen molar-refractivity contribution < 1.29 is 14.7 Å². The van der Waals surface area contributed by atoms with Gasteiger partial charge in [-0.15, -0.1) is 0 Å². The van der Waals surface area contributed by atoms with Crippen molar-refractivity contribution in [3.8, 4) is 0 Å². The van der Waals surface area contributed by atoms with Crippen molar-refractivity contribution in [1.82, 2.24) is 15.0 Å². The number of hydroxylamine groups is 1. The van der Waals surface area contributed by atoms with Gasteiger partial charge in [-0.1, -0.05) is 17.7 Å². The molecule has 0 saturated carbocycles. The number of carbonyl (C=O) groups excluding carboxylic acids is 2. The van der Waals surface area contributed by atoms with Gasteiger partial charge in [-0.3, -0.25) is 9.78 Å². The summed E-state index contributed by atoms with van der Waals surface area (Å²) >= 11 is 6.06. The van der Waals surface area contributed by atoms with E-state index in [4.69, 9.17) is 11.6 Å². The Kier molecular flexibility index (Phi) is 7.50. The van der Waals surface area contributed by atoms with Crippen LogP contribution in [0.25, 0.3) is 0 Å². The third-order valence-electron chi connectivity index (χ3n) is 6.84. The molecule has 2 amide bonds. The van der Waals surface area contributed by atoms with Crippen molar-refractivity contribution in [3.05, 3.63) is 106 Å². The lowest BCUT2D eigenvalue weighted by Crippen LogP contribution is -3.08. The zero-order chi connectivity index (χ0) is 26.6. The van der Waals surface area contributed by atoms with Crippen molar-refractivity contribution in [1.29, 1.82) is 0 Å². The number of hydrogen-bond acceptors (Lipinski definition) is 5. The number of anilines is 2. The number of ketones is 1. The first-order valence-electron chi connectivity index (χ1n) is 12.3. The number of nitrogens with zero attached hydrogens (tertiary/aromatic N) is 2. The van der Waals surface area contributed by atoms with Gasteiger partial charge in [0.15, 0.2) is 5.78 Å². The maximum atomic E-state index is 13.8. The van der Waals surface area contributed by atoms with Crippen LogP contribution in [0.2, 0.25) is 5.02 Å². The number of quaternary nitrogens is 1. The number of fused-ring (bicyclic) bond motifs is 1. The van der Waals surface area contributed by atoms with Crippen LogP contribution in [0.1, 0.15) is 46.6 Å². The minimum absolute atomic E-state index is 0.0208. The van der Waals surface area contributed by atoms with Crippen LogP contribution in [0.3, 0.4) is 0 Å². The summed E-state index contributed by atoms with van der Waals surface area (Å²) in [6, 6.07) is 15.0. The van der Waals surface area contributed by atoms with Crippen molar-refractivity contribution in [2.75, 3.05) is 10.6 Å². The number of Topliss-reactive ketones (excluding diaryl/α,β-unsaturated/α-hetero) is 1. The Morgan fingerprint density at radius 2 is 1.84 bits per heavy atom. The van der Waals surface area contributed by atoms with E-state index in [1.165, 1.54) is 6.92 Å². The Morgan fingerprint density at radius 3 is 2.53 bits per heavy atom. The molecule has 3 unspecified atom stereocenters. The smallest absolute Gasteiger partial charge is 0.323 e. The van der Waals surface area contributed by atoms with E-state index in [0.717, 1.165) is 17.0 Å². The van der Waals surface area contributed by atoms with Gasteiger partial charge in [0.05, 0.1) is 23.0 Å². The summed E-state index contributed by atoms with van der Waals surface area (Å²) in [6.45, 7) is 1.49. The summed E-state index contributed by atoms with van der Waals surface area (Å²) in [5.74, 6) is -0.136. The molecular formula is C28H27ClN6O3. The highest BCUT2D eigenvalue weighted by atomic mass is 35.5. The first kappa shape index (κ1) is 25.6. The molecule has 5 rings (SSSR count). The number of aromatic nitrogens is 3. The zero-order valence-corrected chi connectivity index (χ0v) is 21.5. The molecule has 0 radical (unpaired) electrons. The molecule has 0 saturated heterocycles. The Morgan fingerprint density at radius 1 is 1.08 bits per heavy atom. The number of rotatable bonds is 7. The largest absolute Gasteiger partial charge is 0.629 e. The highest BCUT2D eigenvalue weighted by molar-refractivity contribution is 6.30. The van der Waals surface area contributed by atoms with Gasteiger partial charge in [-0.2, -0.15) is 0 Å². The van der Waals surface area contributed by atoms with Crippen LogP contribution in [0.5, 0.6) is 0 Å². The van der Waals surface area contributed by atoms with Gasteiger partial charge in [-0.25, -0.2) is 9.78 Å². The van der Waals surface area contributed by atoms with Gasteiger partial charge in [-0.05, 0) is 62.2 Å². The molecule has 38 heavy (non-hydrogen) atoms. The number of hydrogen-bond donors (Lipinski definition) is 4. The lowest BCUT2D eigenvalue weighted by Gasteiger charge is -2.41. The highest BCUT2D eigenvalue weighted by Crippen LogP contribution is 2.33. The van der Waals surface area contributed by atoms with Crippen molar-refractivity contribution >= 4 is 40.5 Å². The standard InChI is InChI=1S/C28H27ClN6O3/c1-17(36)18-2-6-21(7-3-18)33-28(37)34-22-8-4-19-12-24(25-10-5-20(29)14-31-25)26(35(38)27(19)13-22)11-9-23-15-30-16-32-23/h2-8,10,13-16,24,26,35H,9,11-12H2,1H3,(H,30,32)(H2,33,34,37). The van der Waals surface area contributed by atoms with E-state index in [2.05, 4.69) is 25.6 Å². The van der Waals surface area contributed by atoms with E-state index >= 15 is 0 Å². The molecule has 10 heteroatoms. The van der Waals surface area contributed by atoms with E-state index in [9.17, 15) is 14.8 Å². The fourth-order valence-corrected chi connectivity index (χ4v) is 5.00. The molecule has 2 aromatic carbocycles. The number of benzene rings is 2. The molecular weight excluding hydrogens is 504 g/mol. The summed E-state index contributed by atoms with van der Waals surface area (Å²) in [6.07, 6.45) is 7.00. The fraction of sp³-hybridized carbons (Fsp3) is 0.214. The summed E-state index contributed by atoms with van der Waals surface area (Å²) in [7, 11) is 0. The average Bonchev–Trinajstić information content (AvgIpc) is 3.43. The predicted molar refractivity (Wildman–Crippen MR) is 146 cm³/mol. The molecule has 0 aliphatic carbocycles. The molecule has 9 nitrogen and oxygen atoms in total. The summed E-state index contributed by atoms with van der Waals surface area (Å²) in [5, 5.41) is 19.9. The summed E-state index contributed by atoms with van der Waals surface area (Å²) in [4.78, 5) is 35.9. The normalized spacial score (nSPS) is 18.4. The molecule has 0 bridgehead atoms. The molecule has 1 aliphatic rings. The molecule has 4 aromatic rings. The Bertz CT molecular complexity index is 1420. The number of urea groups is 1. The van der Waals surface area contributed by atoms with Crippen LogP contribution in [0, 0.1) is 5.21 Å². The van der Waals surface area contributed by atoms with Crippen LogP contribution in [0.15, 0.2) is 73.3 Å². The molecule has 2 aromatic heterocycles. The van der Waals surface area contributed by atoms with E-state index < -0.39 is 6.03 Å². The van der Waals surface area contributed by atoms with Gasteiger partial charge in [0, 0.05) is 53.1 Å².